The van der Waals surface area contributed by atoms with Crippen molar-refractivity contribution in [2.75, 3.05) is 30.8 Å². The molecule has 1 atom stereocenters. The molecule has 4 heteroatoms. The van der Waals surface area contributed by atoms with E-state index in [1.165, 1.54) is 5.69 Å². The molecule has 0 spiro atoms. The third-order valence-corrected chi connectivity index (χ3v) is 3.88. The summed E-state index contributed by atoms with van der Waals surface area (Å²) in [4.78, 5) is 6.61. The molecule has 2 aromatic rings. The number of benzene rings is 1. The molecule has 4 nitrogen and oxygen atoms in total. The summed E-state index contributed by atoms with van der Waals surface area (Å²) in [6, 6.07) is 6.05. The highest BCUT2D eigenvalue weighted by molar-refractivity contribution is 6.00. The number of nitrogens with zero attached hydrogens (tertiary/aromatic N) is 2. The molecule has 1 aliphatic heterocycles. The Hall–Kier alpha value is -1.81. The monoisotopic (exact) mass is 257 g/mol. The van der Waals surface area contributed by atoms with E-state index in [2.05, 4.69) is 16.0 Å². The Morgan fingerprint density at radius 1 is 1.32 bits per heavy atom. The predicted octanol–water partition coefficient (Wildman–Crippen LogP) is 2.43. The van der Waals surface area contributed by atoms with Gasteiger partial charge in [0.25, 0.3) is 0 Å². The van der Waals surface area contributed by atoms with Gasteiger partial charge in [0.15, 0.2) is 0 Å². The average Bonchev–Trinajstić information content (AvgIpc) is 2.48. The van der Waals surface area contributed by atoms with Crippen LogP contribution in [0.4, 0.5) is 11.4 Å². The Morgan fingerprint density at radius 2 is 2.21 bits per heavy atom. The van der Waals surface area contributed by atoms with E-state index in [0.717, 1.165) is 42.4 Å². The first-order valence-electron chi connectivity index (χ1n) is 6.69. The molecule has 2 N–H and O–H groups in total. The van der Waals surface area contributed by atoms with Gasteiger partial charge in [0, 0.05) is 54.7 Å². The standard InChI is InChI=1S/C15H19N3O/c1-19-11-3-2-8-18(10-11)15-5-4-14(16)12-6-7-17-9-13(12)15/h4-7,9,11H,2-3,8,10,16H2,1H3. The van der Waals surface area contributed by atoms with Gasteiger partial charge in [-0.2, -0.15) is 0 Å². The van der Waals surface area contributed by atoms with Crippen molar-refractivity contribution in [3.05, 3.63) is 30.6 Å². The van der Waals surface area contributed by atoms with Crippen LogP contribution in [-0.2, 0) is 4.74 Å². The first kappa shape index (κ1) is 12.2. The van der Waals surface area contributed by atoms with Crippen molar-refractivity contribution in [2.24, 2.45) is 0 Å². The minimum Gasteiger partial charge on any atom is -0.398 e. The van der Waals surface area contributed by atoms with Gasteiger partial charge in [-0.15, -0.1) is 0 Å². The number of piperidine rings is 1. The fourth-order valence-corrected chi connectivity index (χ4v) is 2.82. The van der Waals surface area contributed by atoms with Gasteiger partial charge in [-0.1, -0.05) is 0 Å². The lowest BCUT2D eigenvalue weighted by molar-refractivity contribution is 0.0894. The highest BCUT2D eigenvalue weighted by Gasteiger charge is 2.21. The number of nitrogen functional groups attached to an aromatic ring is 1. The molecule has 3 rings (SSSR count). The van der Waals surface area contributed by atoms with Gasteiger partial charge in [-0.05, 0) is 31.0 Å². The first-order chi connectivity index (χ1) is 9.29. The molecular weight excluding hydrogens is 238 g/mol. The van der Waals surface area contributed by atoms with E-state index in [1.54, 1.807) is 13.3 Å². The molecule has 1 aromatic heterocycles. The number of hydrogen-bond acceptors (Lipinski definition) is 4. The van der Waals surface area contributed by atoms with Gasteiger partial charge in [0.1, 0.15) is 0 Å². The van der Waals surface area contributed by atoms with Gasteiger partial charge in [-0.3, -0.25) is 4.98 Å². The molecule has 100 valence electrons. The Balaban J connectivity index is 2.03. The zero-order valence-electron chi connectivity index (χ0n) is 11.2. The fourth-order valence-electron chi connectivity index (χ4n) is 2.82. The molecule has 1 unspecified atom stereocenters. The van der Waals surface area contributed by atoms with Crippen LogP contribution in [0, 0.1) is 0 Å². The third-order valence-electron chi connectivity index (χ3n) is 3.88. The summed E-state index contributed by atoms with van der Waals surface area (Å²) in [5.74, 6) is 0. The van der Waals surface area contributed by atoms with E-state index in [1.807, 2.05) is 18.3 Å². The molecule has 1 fully saturated rings. The molecular formula is C15H19N3O. The second-order valence-electron chi connectivity index (χ2n) is 5.04. The summed E-state index contributed by atoms with van der Waals surface area (Å²) in [7, 11) is 1.79. The normalized spacial score (nSPS) is 19.8. The van der Waals surface area contributed by atoms with Gasteiger partial charge in [-0.25, -0.2) is 0 Å². The van der Waals surface area contributed by atoms with Gasteiger partial charge >= 0.3 is 0 Å². The molecule has 0 aliphatic carbocycles. The lowest BCUT2D eigenvalue weighted by Gasteiger charge is -2.34. The second kappa shape index (κ2) is 5.05. The summed E-state index contributed by atoms with van der Waals surface area (Å²) >= 11 is 0. The number of pyridine rings is 1. The Morgan fingerprint density at radius 3 is 3.05 bits per heavy atom. The third kappa shape index (κ3) is 2.24. The zero-order chi connectivity index (χ0) is 13.2. The van der Waals surface area contributed by atoms with Crippen molar-refractivity contribution in [3.8, 4) is 0 Å². The number of methoxy groups -OCH3 is 1. The maximum atomic E-state index is 6.04. The van der Waals surface area contributed by atoms with Crippen LogP contribution in [0.1, 0.15) is 12.8 Å². The maximum absolute atomic E-state index is 6.04. The lowest BCUT2D eigenvalue weighted by atomic mass is 10.0. The summed E-state index contributed by atoms with van der Waals surface area (Å²) < 4.78 is 5.50. The van der Waals surface area contributed by atoms with Crippen LogP contribution in [0.15, 0.2) is 30.6 Å². The smallest absolute Gasteiger partial charge is 0.0746 e. The zero-order valence-corrected chi connectivity index (χ0v) is 11.2. The Bertz CT molecular complexity index is 585. The molecule has 0 saturated carbocycles. The van der Waals surface area contributed by atoms with Crippen LogP contribution in [0.2, 0.25) is 0 Å². The van der Waals surface area contributed by atoms with Crippen molar-refractivity contribution < 1.29 is 4.74 Å². The predicted molar refractivity (Wildman–Crippen MR) is 78.4 cm³/mol. The molecule has 1 aromatic carbocycles. The molecule has 0 radical (unpaired) electrons. The molecule has 1 saturated heterocycles. The number of rotatable bonds is 2. The van der Waals surface area contributed by atoms with Crippen molar-refractivity contribution in [1.82, 2.24) is 4.98 Å². The second-order valence-corrected chi connectivity index (χ2v) is 5.04. The SMILES string of the molecule is COC1CCCN(c2ccc(N)c3ccncc23)C1. The van der Waals surface area contributed by atoms with E-state index in [0.29, 0.717) is 6.10 Å². The molecule has 19 heavy (non-hydrogen) atoms. The molecule has 0 amide bonds. The van der Waals surface area contributed by atoms with Crippen molar-refractivity contribution in [2.45, 2.75) is 18.9 Å². The first-order valence-corrected chi connectivity index (χ1v) is 6.69. The van der Waals surface area contributed by atoms with Crippen LogP contribution < -0.4 is 10.6 Å². The van der Waals surface area contributed by atoms with Crippen molar-refractivity contribution in [1.29, 1.82) is 0 Å². The Labute approximate surface area is 113 Å². The van der Waals surface area contributed by atoms with Crippen LogP contribution in [-0.4, -0.2) is 31.3 Å². The summed E-state index contributed by atoms with van der Waals surface area (Å²) in [6.07, 6.45) is 6.30. The summed E-state index contributed by atoms with van der Waals surface area (Å²) in [5.41, 5.74) is 8.05. The van der Waals surface area contributed by atoms with Crippen molar-refractivity contribution in [3.63, 3.8) is 0 Å². The van der Waals surface area contributed by atoms with E-state index < -0.39 is 0 Å². The van der Waals surface area contributed by atoms with Crippen LogP contribution in [0.3, 0.4) is 0 Å². The topological polar surface area (TPSA) is 51.4 Å². The van der Waals surface area contributed by atoms with Gasteiger partial charge in [0.2, 0.25) is 0 Å². The van der Waals surface area contributed by atoms with Gasteiger partial charge < -0.3 is 15.4 Å². The quantitative estimate of drug-likeness (QED) is 0.839. The number of hydrogen-bond donors (Lipinski definition) is 1. The molecule has 0 bridgehead atoms. The van der Waals surface area contributed by atoms with Crippen LogP contribution >= 0.6 is 0 Å². The number of anilines is 2. The molecule has 2 heterocycles. The van der Waals surface area contributed by atoms with Crippen LogP contribution in [0.5, 0.6) is 0 Å². The number of fused-ring (bicyclic) bond motifs is 1. The molecule has 1 aliphatic rings. The average molecular weight is 257 g/mol. The van der Waals surface area contributed by atoms with Crippen LogP contribution in [0.25, 0.3) is 10.8 Å². The minimum atomic E-state index is 0.318. The Kier molecular flexibility index (Phi) is 3.25. The lowest BCUT2D eigenvalue weighted by Crippen LogP contribution is -2.39. The highest BCUT2D eigenvalue weighted by atomic mass is 16.5. The summed E-state index contributed by atoms with van der Waals surface area (Å²) in [6.45, 7) is 2.00. The van der Waals surface area contributed by atoms with E-state index in [9.17, 15) is 0 Å². The maximum Gasteiger partial charge on any atom is 0.0746 e. The van der Waals surface area contributed by atoms with Crippen molar-refractivity contribution >= 4 is 22.1 Å². The van der Waals surface area contributed by atoms with Gasteiger partial charge in [0.05, 0.1) is 6.10 Å². The largest absolute Gasteiger partial charge is 0.398 e. The number of ether oxygens (including phenoxy) is 1. The van der Waals surface area contributed by atoms with E-state index in [4.69, 9.17) is 10.5 Å². The fraction of sp³-hybridized carbons (Fsp3) is 0.400. The van der Waals surface area contributed by atoms with E-state index in [-0.39, 0.29) is 0 Å². The minimum absolute atomic E-state index is 0.318. The number of aromatic nitrogens is 1. The number of nitrogens with two attached hydrogens (primary N) is 1. The summed E-state index contributed by atoms with van der Waals surface area (Å²) in [5, 5.41) is 2.20. The van der Waals surface area contributed by atoms with E-state index >= 15 is 0 Å². The highest BCUT2D eigenvalue weighted by Crippen LogP contribution is 2.32.